The van der Waals surface area contributed by atoms with E-state index < -0.39 is 9.76 Å². The highest BCUT2D eigenvalue weighted by atomic mass is 28.2. The third-order valence-electron chi connectivity index (χ3n) is 2.27. The predicted octanol–water partition coefficient (Wildman–Crippen LogP) is 2.19. The minimum Gasteiger partial charge on any atom is -0.552 e. The highest BCUT2D eigenvalue weighted by Crippen LogP contribution is 2.33. The molecule has 0 unspecified atom stereocenters. The molecular formula is C11H20O2Si. The molecule has 3 heteroatoms. The molecule has 0 heterocycles. The second kappa shape index (κ2) is 3.53. The van der Waals surface area contributed by atoms with Gasteiger partial charge >= 0.3 is 0 Å². The van der Waals surface area contributed by atoms with Crippen molar-refractivity contribution in [2.45, 2.75) is 46.1 Å². The van der Waals surface area contributed by atoms with Crippen LogP contribution in [0, 0.1) is 5.41 Å². The lowest BCUT2D eigenvalue weighted by Gasteiger charge is -2.18. The number of Topliss-reactive ketones (excluding diaryl/α,β-unsaturated/α-hetero) is 1. The average Bonchev–Trinajstić information content (AvgIpc) is 2.21. The van der Waals surface area contributed by atoms with Gasteiger partial charge in [-0.05, 0) is 25.0 Å². The Labute approximate surface area is 88.7 Å². The van der Waals surface area contributed by atoms with Crippen molar-refractivity contribution in [3.63, 3.8) is 0 Å². The van der Waals surface area contributed by atoms with Crippen molar-refractivity contribution in [1.29, 1.82) is 0 Å². The summed E-state index contributed by atoms with van der Waals surface area (Å²) in [5.41, 5.74) is -0.304. The minimum absolute atomic E-state index is 0.274. The Morgan fingerprint density at radius 1 is 1.43 bits per heavy atom. The highest BCUT2D eigenvalue weighted by molar-refractivity contribution is 6.32. The van der Waals surface area contributed by atoms with E-state index in [-0.39, 0.29) is 16.2 Å². The van der Waals surface area contributed by atoms with Crippen molar-refractivity contribution in [2.24, 2.45) is 5.41 Å². The average molecular weight is 212 g/mol. The molecule has 14 heavy (non-hydrogen) atoms. The third kappa shape index (κ3) is 2.98. The maximum Gasteiger partial charge on any atom is 0.224 e. The van der Waals surface area contributed by atoms with E-state index in [0.29, 0.717) is 6.42 Å². The molecule has 0 spiro atoms. The summed E-state index contributed by atoms with van der Waals surface area (Å²) in [6, 6.07) is 0. The van der Waals surface area contributed by atoms with Crippen LogP contribution in [0.3, 0.4) is 0 Å². The van der Waals surface area contributed by atoms with Crippen LogP contribution in [-0.2, 0) is 9.22 Å². The maximum atomic E-state index is 11.5. The predicted molar refractivity (Wildman–Crippen MR) is 60.8 cm³/mol. The van der Waals surface area contributed by atoms with Crippen LogP contribution in [0.2, 0.25) is 5.04 Å². The molecule has 0 radical (unpaired) electrons. The summed E-state index contributed by atoms with van der Waals surface area (Å²) in [6.07, 6.45) is 2.48. The first kappa shape index (κ1) is 11.5. The number of hydrogen-bond donors (Lipinski definition) is 0. The van der Waals surface area contributed by atoms with E-state index in [4.69, 9.17) is 4.43 Å². The van der Waals surface area contributed by atoms with Crippen molar-refractivity contribution in [2.75, 3.05) is 0 Å². The summed E-state index contributed by atoms with van der Waals surface area (Å²) in [5, 5.41) is 0.288. The van der Waals surface area contributed by atoms with Crippen molar-refractivity contribution in [1.82, 2.24) is 0 Å². The Balaban J connectivity index is 2.54. The zero-order valence-corrected chi connectivity index (χ0v) is 11.2. The fourth-order valence-electron chi connectivity index (χ4n) is 1.32. The molecule has 0 aromatic rings. The Kier molecular flexibility index (Phi) is 2.90. The Bertz CT molecular complexity index is 272. The van der Waals surface area contributed by atoms with Gasteiger partial charge in [0.1, 0.15) is 5.78 Å². The van der Waals surface area contributed by atoms with Gasteiger partial charge in [-0.1, -0.05) is 20.8 Å². The van der Waals surface area contributed by atoms with Crippen LogP contribution in [0.4, 0.5) is 0 Å². The summed E-state index contributed by atoms with van der Waals surface area (Å²) in [4.78, 5) is 11.5. The standard InChI is InChI=1S/C11H20O2Si/c1-10(2,3)14-13-8-6-9(12)11(4,5)7-8/h7H,6,14H2,1-5H3. The third-order valence-corrected chi connectivity index (χ3v) is 3.65. The van der Waals surface area contributed by atoms with E-state index in [9.17, 15) is 4.79 Å². The van der Waals surface area contributed by atoms with Crippen LogP contribution >= 0.6 is 0 Å². The van der Waals surface area contributed by atoms with E-state index in [1.807, 2.05) is 19.9 Å². The SMILES string of the molecule is CC(C)(C)[SiH2]OC1=CC(C)(C)C(=O)C1. The zero-order chi connectivity index (χ0) is 11.0. The molecule has 80 valence electrons. The molecular weight excluding hydrogens is 192 g/mol. The molecule has 1 rings (SSSR count). The lowest BCUT2D eigenvalue weighted by Crippen LogP contribution is -2.15. The second-order valence-corrected chi connectivity index (χ2v) is 8.48. The molecule has 0 fully saturated rings. The first-order valence-electron chi connectivity index (χ1n) is 5.08. The molecule has 1 aliphatic rings. The number of ketones is 1. The minimum atomic E-state index is -0.572. The van der Waals surface area contributed by atoms with Crippen molar-refractivity contribution >= 4 is 15.5 Å². The van der Waals surface area contributed by atoms with Gasteiger partial charge in [-0.3, -0.25) is 4.79 Å². The lowest BCUT2D eigenvalue weighted by molar-refractivity contribution is -0.123. The van der Waals surface area contributed by atoms with E-state index in [0.717, 1.165) is 5.76 Å². The molecule has 0 N–H and O–H groups in total. The fraction of sp³-hybridized carbons (Fsp3) is 0.727. The van der Waals surface area contributed by atoms with Crippen LogP contribution in [0.5, 0.6) is 0 Å². The Morgan fingerprint density at radius 3 is 2.36 bits per heavy atom. The second-order valence-electron chi connectivity index (χ2n) is 5.78. The van der Waals surface area contributed by atoms with Gasteiger partial charge in [0.05, 0.1) is 12.2 Å². The molecule has 0 bridgehead atoms. The summed E-state index contributed by atoms with van der Waals surface area (Å²) in [6.45, 7) is 10.4. The first-order valence-corrected chi connectivity index (χ1v) is 6.37. The van der Waals surface area contributed by atoms with Crippen LogP contribution in [-0.4, -0.2) is 15.5 Å². The summed E-state index contributed by atoms with van der Waals surface area (Å²) in [5.74, 6) is 1.18. The monoisotopic (exact) mass is 212 g/mol. The number of rotatable bonds is 2. The topological polar surface area (TPSA) is 26.3 Å². The van der Waals surface area contributed by atoms with Gasteiger partial charge < -0.3 is 4.43 Å². The Hall–Kier alpha value is -0.573. The van der Waals surface area contributed by atoms with E-state index >= 15 is 0 Å². The smallest absolute Gasteiger partial charge is 0.224 e. The van der Waals surface area contributed by atoms with Crippen molar-refractivity contribution < 1.29 is 9.22 Å². The summed E-state index contributed by atoms with van der Waals surface area (Å²) >= 11 is 0. The normalized spacial score (nSPS) is 21.8. The molecule has 1 aliphatic carbocycles. The highest BCUT2D eigenvalue weighted by Gasteiger charge is 2.33. The molecule has 0 saturated carbocycles. The summed E-state index contributed by atoms with van der Waals surface area (Å²) in [7, 11) is -0.572. The lowest BCUT2D eigenvalue weighted by atomic mass is 9.92. The summed E-state index contributed by atoms with van der Waals surface area (Å²) < 4.78 is 5.75. The van der Waals surface area contributed by atoms with Gasteiger partial charge in [0.15, 0.2) is 0 Å². The van der Waals surface area contributed by atoms with Gasteiger partial charge in [-0.25, -0.2) is 0 Å². The largest absolute Gasteiger partial charge is 0.552 e. The number of hydrogen-bond acceptors (Lipinski definition) is 2. The van der Waals surface area contributed by atoms with E-state index in [1.54, 1.807) is 0 Å². The molecule has 0 atom stereocenters. The van der Waals surface area contributed by atoms with Gasteiger partial charge in [0.25, 0.3) is 0 Å². The number of allylic oxidation sites excluding steroid dienone is 2. The zero-order valence-electron chi connectivity index (χ0n) is 9.81. The molecule has 0 aromatic heterocycles. The molecule has 2 nitrogen and oxygen atoms in total. The van der Waals surface area contributed by atoms with Gasteiger partial charge in [0.2, 0.25) is 9.76 Å². The van der Waals surface area contributed by atoms with E-state index in [2.05, 4.69) is 20.8 Å². The van der Waals surface area contributed by atoms with E-state index in [1.165, 1.54) is 0 Å². The number of carbonyl (C=O) groups excluding carboxylic acids is 1. The quantitative estimate of drug-likeness (QED) is 0.656. The maximum absolute atomic E-state index is 11.5. The molecule has 0 saturated heterocycles. The van der Waals surface area contributed by atoms with Crippen molar-refractivity contribution in [3.05, 3.63) is 11.8 Å². The molecule has 0 amide bonds. The first-order chi connectivity index (χ1) is 6.21. The number of carbonyl (C=O) groups is 1. The van der Waals surface area contributed by atoms with Crippen LogP contribution < -0.4 is 0 Å². The van der Waals surface area contributed by atoms with Crippen LogP contribution in [0.1, 0.15) is 41.0 Å². The fourth-order valence-corrected chi connectivity index (χ4v) is 2.13. The van der Waals surface area contributed by atoms with Gasteiger partial charge in [-0.15, -0.1) is 0 Å². The van der Waals surface area contributed by atoms with Crippen molar-refractivity contribution in [3.8, 4) is 0 Å². The molecule has 0 aromatic carbocycles. The van der Waals surface area contributed by atoms with Gasteiger partial charge in [-0.2, -0.15) is 0 Å². The van der Waals surface area contributed by atoms with Crippen LogP contribution in [0.25, 0.3) is 0 Å². The van der Waals surface area contributed by atoms with Crippen LogP contribution in [0.15, 0.2) is 11.8 Å². The molecule has 0 aliphatic heterocycles. The Morgan fingerprint density at radius 2 is 2.00 bits per heavy atom. The van der Waals surface area contributed by atoms with Gasteiger partial charge in [0, 0.05) is 5.41 Å².